The molecule has 0 radical (unpaired) electrons. The third-order valence-corrected chi connectivity index (χ3v) is 4.98. The van der Waals surface area contributed by atoms with E-state index in [9.17, 15) is 4.79 Å². The Kier molecular flexibility index (Phi) is 6.19. The van der Waals surface area contributed by atoms with Crippen LogP contribution < -0.4 is 10.6 Å². The fourth-order valence-corrected chi connectivity index (χ4v) is 3.82. The number of thiophene rings is 1. The van der Waals surface area contributed by atoms with Crippen LogP contribution in [0.5, 0.6) is 0 Å². The summed E-state index contributed by atoms with van der Waals surface area (Å²) in [5.74, 6) is -0.333. The first-order valence-electron chi connectivity index (χ1n) is 8.09. The second-order valence-electron chi connectivity index (χ2n) is 5.36. The van der Waals surface area contributed by atoms with Crippen molar-refractivity contribution in [1.29, 1.82) is 0 Å². The molecule has 0 aliphatic heterocycles. The lowest BCUT2D eigenvalue weighted by Crippen LogP contribution is -3.10. The molecule has 4 nitrogen and oxygen atoms in total. The topological polar surface area (TPSA) is 56.8 Å². The van der Waals surface area contributed by atoms with E-state index in [4.69, 9.17) is 10.5 Å². The summed E-state index contributed by atoms with van der Waals surface area (Å²) >= 11 is 1.51. The molecule has 0 saturated heterocycles. The van der Waals surface area contributed by atoms with E-state index >= 15 is 0 Å². The molecule has 0 spiro atoms. The van der Waals surface area contributed by atoms with E-state index in [0.29, 0.717) is 17.2 Å². The van der Waals surface area contributed by atoms with Gasteiger partial charge in [0.15, 0.2) is 0 Å². The summed E-state index contributed by atoms with van der Waals surface area (Å²) in [5, 5.41) is 0.545. The van der Waals surface area contributed by atoms with Crippen molar-refractivity contribution >= 4 is 22.3 Å². The number of nitrogen functional groups attached to an aromatic ring is 1. The molecule has 0 aliphatic rings. The van der Waals surface area contributed by atoms with E-state index in [-0.39, 0.29) is 5.97 Å². The number of hydrogen-bond donors (Lipinski definition) is 2. The number of nitrogens with two attached hydrogens (primary N) is 1. The number of hydrogen-bond acceptors (Lipinski definition) is 4. The van der Waals surface area contributed by atoms with Gasteiger partial charge in [0.2, 0.25) is 0 Å². The van der Waals surface area contributed by atoms with E-state index in [1.807, 2.05) is 37.3 Å². The lowest BCUT2D eigenvalue weighted by Gasteiger charge is -2.15. The maximum atomic E-state index is 12.4. The minimum Gasteiger partial charge on any atom is -0.462 e. The SMILES string of the molecule is CCOC(=O)c1c(N)sc(C[NH+](CC)CC)c1-c1ccccc1. The molecule has 0 fully saturated rings. The summed E-state index contributed by atoms with van der Waals surface area (Å²) in [6.45, 7) is 9.44. The Morgan fingerprint density at radius 1 is 1.17 bits per heavy atom. The maximum absolute atomic E-state index is 12.4. The van der Waals surface area contributed by atoms with Crippen LogP contribution in [0.2, 0.25) is 0 Å². The average Bonchev–Trinajstić information content (AvgIpc) is 2.89. The number of benzene rings is 1. The van der Waals surface area contributed by atoms with Crippen molar-refractivity contribution < 1.29 is 14.4 Å². The van der Waals surface area contributed by atoms with Crippen molar-refractivity contribution in [3.63, 3.8) is 0 Å². The first-order chi connectivity index (χ1) is 11.1. The molecule has 3 N–H and O–H groups in total. The third-order valence-electron chi connectivity index (χ3n) is 3.96. The van der Waals surface area contributed by atoms with Crippen LogP contribution in [0.1, 0.15) is 36.0 Å². The van der Waals surface area contributed by atoms with Gasteiger partial charge in [-0.05, 0) is 26.3 Å². The summed E-state index contributed by atoms with van der Waals surface area (Å²) in [4.78, 5) is 15.0. The van der Waals surface area contributed by atoms with Gasteiger partial charge < -0.3 is 15.4 Å². The van der Waals surface area contributed by atoms with Crippen LogP contribution in [0.15, 0.2) is 30.3 Å². The van der Waals surface area contributed by atoms with E-state index < -0.39 is 0 Å². The predicted molar refractivity (Wildman–Crippen MR) is 95.9 cm³/mol. The van der Waals surface area contributed by atoms with Gasteiger partial charge in [0.05, 0.1) is 24.6 Å². The molecule has 0 unspecified atom stereocenters. The fourth-order valence-electron chi connectivity index (χ4n) is 2.67. The Labute approximate surface area is 141 Å². The van der Waals surface area contributed by atoms with Crippen molar-refractivity contribution in [2.24, 2.45) is 0 Å². The molecule has 23 heavy (non-hydrogen) atoms. The van der Waals surface area contributed by atoms with E-state index in [0.717, 1.165) is 35.6 Å². The molecule has 1 aromatic heterocycles. The summed E-state index contributed by atoms with van der Waals surface area (Å²) < 4.78 is 5.22. The van der Waals surface area contributed by atoms with Crippen molar-refractivity contribution in [3.05, 3.63) is 40.8 Å². The minimum atomic E-state index is -0.333. The summed E-state index contributed by atoms with van der Waals surface area (Å²) in [7, 11) is 0. The zero-order chi connectivity index (χ0) is 16.8. The minimum absolute atomic E-state index is 0.333. The normalized spacial score (nSPS) is 11.0. The second kappa shape index (κ2) is 8.13. The number of anilines is 1. The van der Waals surface area contributed by atoms with Gasteiger partial charge in [0.1, 0.15) is 17.1 Å². The molecule has 1 heterocycles. The number of nitrogens with one attached hydrogen (secondary N) is 1. The fraction of sp³-hybridized carbons (Fsp3) is 0.389. The number of rotatable bonds is 7. The molecule has 0 amide bonds. The van der Waals surface area contributed by atoms with Crippen molar-refractivity contribution in [2.45, 2.75) is 27.3 Å². The molecule has 5 heteroatoms. The van der Waals surface area contributed by atoms with Gasteiger partial charge in [-0.2, -0.15) is 0 Å². The molecule has 124 valence electrons. The molecule has 1 aromatic carbocycles. The van der Waals surface area contributed by atoms with Gasteiger partial charge in [0.25, 0.3) is 0 Å². The van der Waals surface area contributed by atoms with Crippen LogP contribution in [0.25, 0.3) is 11.1 Å². The third kappa shape index (κ3) is 3.92. The lowest BCUT2D eigenvalue weighted by atomic mass is 10.0. The van der Waals surface area contributed by atoms with Crippen LogP contribution in [0.4, 0.5) is 5.00 Å². The Balaban J connectivity index is 2.54. The van der Waals surface area contributed by atoms with E-state index in [2.05, 4.69) is 13.8 Å². The quantitative estimate of drug-likeness (QED) is 0.766. The van der Waals surface area contributed by atoms with Gasteiger partial charge in [-0.15, -0.1) is 11.3 Å². The highest BCUT2D eigenvalue weighted by Crippen LogP contribution is 2.38. The number of ether oxygens (including phenoxy) is 1. The molecule has 0 aliphatic carbocycles. The van der Waals surface area contributed by atoms with E-state index in [1.165, 1.54) is 16.2 Å². The Morgan fingerprint density at radius 3 is 2.39 bits per heavy atom. The second-order valence-corrected chi connectivity index (χ2v) is 6.50. The van der Waals surface area contributed by atoms with Gasteiger partial charge in [-0.3, -0.25) is 0 Å². The Hall–Kier alpha value is -1.85. The first-order valence-corrected chi connectivity index (χ1v) is 8.91. The van der Waals surface area contributed by atoms with Crippen LogP contribution >= 0.6 is 11.3 Å². The summed E-state index contributed by atoms with van der Waals surface area (Å²) in [5.41, 5.74) is 8.65. The van der Waals surface area contributed by atoms with E-state index in [1.54, 1.807) is 0 Å². The van der Waals surface area contributed by atoms with Crippen LogP contribution in [0, 0.1) is 0 Å². The molecule has 0 saturated carbocycles. The number of quaternary nitrogens is 1. The molecule has 2 aromatic rings. The van der Waals surface area contributed by atoms with Crippen molar-refractivity contribution in [3.8, 4) is 11.1 Å². The first kappa shape index (κ1) is 17.5. The lowest BCUT2D eigenvalue weighted by molar-refractivity contribution is -0.909. The monoisotopic (exact) mass is 333 g/mol. The molecular weight excluding hydrogens is 308 g/mol. The average molecular weight is 333 g/mol. The Morgan fingerprint density at radius 2 is 1.83 bits per heavy atom. The predicted octanol–water partition coefficient (Wildman–Crippen LogP) is 2.60. The van der Waals surface area contributed by atoms with Gasteiger partial charge in [-0.25, -0.2) is 4.79 Å². The highest BCUT2D eigenvalue weighted by atomic mass is 32.1. The highest BCUT2D eigenvalue weighted by Gasteiger charge is 2.26. The molecule has 2 rings (SSSR count). The zero-order valence-electron chi connectivity index (χ0n) is 14.0. The summed E-state index contributed by atoms with van der Waals surface area (Å²) in [6.07, 6.45) is 0. The smallest absolute Gasteiger partial charge is 0.341 e. The number of carbonyl (C=O) groups is 1. The largest absolute Gasteiger partial charge is 0.462 e. The Bertz CT molecular complexity index is 649. The highest BCUT2D eigenvalue weighted by molar-refractivity contribution is 7.16. The van der Waals surface area contributed by atoms with Crippen molar-refractivity contribution in [1.82, 2.24) is 0 Å². The maximum Gasteiger partial charge on any atom is 0.341 e. The molecule has 0 bridgehead atoms. The standard InChI is InChI=1S/C18H24N2O2S/c1-4-20(5-2)12-14-15(13-10-8-7-9-11-13)16(17(19)23-14)18(21)22-6-3/h7-11H,4-6,12,19H2,1-3H3/p+1. The van der Waals surface area contributed by atoms with Gasteiger partial charge in [0, 0.05) is 5.56 Å². The number of esters is 1. The number of carbonyl (C=O) groups excluding carboxylic acids is 1. The van der Waals surface area contributed by atoms with Crippen LogP contribution in [-0.2, 0) is 11.3 Å². The van der Waals surface area contributed by atoms with Gasteiger partial charge >= 0.3 is 5.97 Å². The van der Waals surface area contributed by atoms with Crippen LogP contribution in [-0.4, -0.2) is 25.7 Å². The summed E-state index contributed by atoms with van der Waals surface area (Å²) in [6, 6.07) is 9.97. The molecule has 0 atom stereocenters. The van der Waals surface area contributed by atoms with Crippen molar-refractivity contribution in [2.75, 3.05) is 25.4 Å². The van der Waals surface area contributed by atoms with Crippen LogP contribution in [0.3, 0.4) is 0 Å². The van der Waals surface area contributed by atoms with Gasteiger partial charge in [-0.1, -0.05) is 30.3 Å². The molecular formula is C18H25N2O2S+. The zero-order valence-corrected chi connectivity index (χ0v) is 14.8.